The number of thioether (sulfide) groups is 4. The van der Waals surface area contributed by atoms with Crippen molar-refractivity contribution in [1.29, 1.82) is 0 Å². The highest BCUT2D eigenvalue weighted by molar-refractivity contribution is 8.20. The van der Waals surface area contributed by atoms with Gasteiger partial charge in [0.25, 0.3) is 0 Å². The zero-order valence-electron chi connectivity index (χ0n) is 14.5. The van der Waals surface area contributed by atoms with E-state index in [2.05, 4.69) is 23.9 Å². The summed E-state index contributed by atoms with van der Waals surface area (Å²) >= 11 is 9.30. The van der Waals surface area contributed by atoms with E-state index in [1.54, 1.807) is 11.3 Å². The first-order valence-corrected chi connectivity index (χ1v) is 13.2. The van der Waals surface area contributed by atoms with Crippen LogP contribution in [0.5, 0.6) is 0 Å². The normalized spacial score (nSPS) is 27.3. The van der Waals surface area contributed by atoms with Gasteiger partial charge < -0.3 is 9.47 Å². The molecule has 9 heteroatoms. The van der Waals surface area contributed by atoms with Crippen LogP contribution in [0, 0.1) is 0 Å². The Morgan fingerprint density at radius 3 is 1.78 bits per heavy atom. The van der Waals surface area contributed by atoms with Gasteiger partial charge in [-0.25, -0.2) is 9.59 Å². The molecule has 4 nitrogen and oxygen atoms in total. The number of carbonyl (C=O) groups excluding carboxylic acids is 2. The molecule has 2 aliphatic heterocycles. The summed E-state index contributed by atoms with van der Waals surface area (Å²) < 4.78 is 11.1. The lowest BCUT2D eigenvalue weighted by atomic mass is 10.2. The predicted octanol–water partition coefficient (Wildman–Crippen LogP) is 4.90. The average Bonchev–Trinajstić information content (AvgIpc) is 3.43. The largest absolute Gasteiger partial charge is 0.461 e. The summed E-state index contributed by atoms with van der Waals surface area (Å²) in [4.78, 5) is 22.5. The van der Waals surface area contributed by atoms with Crippen molar-refractivity contribution in [3.05, 3.63) is 47.2 Å². The van der Waals surface area contributed by atoms with E-state index in [4.69, 9.17) is 9.47 Å². The fraction of sp³-hybridized carbons (Fsp3) is 0.444. The Balaban J connectivity index is 1.54. The van der Waals surface area contributed by atoms with Crippen molar-refractivity contribution in [3.63, 3.8) is 0 Å². The van der Waals surface area contributed by atoms with Gasteiger partial charge in [-0.2, -0.15) is 11.3 Å². The first-order chi connectivity index (χ1) is 13.1. The number of carbonyl (C=O) groups is 2. The maximum absolute atomic E-state index is 11.3. The van der Waals surface area contributed by atoms with E-state index in [1.807, 2.05) is 47.0 Å². The molecule has 1 aromatic rings. The molecule has 0 aliphatic carbocycles. The van der Waals surface area contributed by atoms with Crippen LogP contribution in [0.1, 0.15) is 20.3 Å². The van der Waals surface area contributed by atoms with Crippen LogP contribution in [0.25, 0.3) is 0 Å². The number of hydrogen-bond donors (Lipinski definition) is 0. The second kappa shape index (κ2) is 10.3. The number of thiophene rings is 1. The summed E-state index contributed by atoms with van der Waals surface area (Å²) in [6.07, 6.45) is 2.41. The minimum Gasteiger partial charge on any atom is -0.461 e. The number of hydrogen-bond acceptors (Lipinski definition) is 9. The molecular formula is C18H20O4S5. The van der Waals surface area contributed by atoms with E-state index >= 15 is 0 Å². The fourth-order valence-electron chi connectivity index (χ4n) is 2.57. The maximum atomic E-state index is 11.3. The van der Waals surface area contributed by atoms with Gasteiger partial charge in [-0.3, -0.25) is 0 Å². The Hall–Kier alpha value is -0.480. The average molecular weight is 461 g/mol. The highest BCUT2D eigenvalue weighted by Gasteiger charge is 2.35. The third-order valence-corrected chi connectivity index (χ3v) is 11.3. The first kappa shape index (κ1) is 21.2. The smallest absolute Gasteiger partial charge is 0.330 e. The van der Waals surface area contributed by atoms with Crippen LogP contribution in [-0.4, -0.2) is 47.2 Å². The van der Waals surface area contributed by atoms with Crippen molar-refractivity contribution in [2.45, 2.75) is 19.7 Å². The molecule has 0 radical (unpaired) electrons. The summed E-state index contributed by atoms with van der Waals surface area (Å²) in [6, 6.07) is 0. The molecule has 1 aromatic heterocycles. The van der Waals surface area contributed by atoms with Crippen LogP contribution in [-0.2, 0) is 19.1 Å². The van der Waals surface area contributed by atoms with Crippen molar-refractivity contribution >= 4 is 70.3 Å². The number of ether oxygens (including phenoxy) is 2. The fourth-order valence-corrected chi connectivity index (χ4v) is 10.4. The molecule has 3 heterocycles. The van der Waals surface area contributed by atoms with Crippen molar-refractivity contribution in [3.8, 4) is 0 Å². The van der Waals surface area contributed by atoms with Crippen molar-refractivity contribution in [2.24, 2.45) is 0 Å². The molecule has 4 atom stereocenters. The van der Waals surface area contributed by atoms with E-state index in [0.29, 0.717) is 32.9 Å². The number of esters is 2. The molecule has 0 saturated carbocycles. The Morgan fingerprint density at radius 2 is 1.37 bits per heavy atom. The topological polar surface area (TPSA) is 52.6 Å². The first-order valence-electron chi connectivity index (χ1n) is 8.29. The molecule has 2 saturated heterocycles. The summed E-state index contributed by atoms with van der Waals surface area (Å²) in [7, 11) is 0. The van der Waals surface area contributed by atoms with Crippen LogP contribution in [0.15, 0.2) is 36.1 Å². The zero-order valence-corrected chi connectivity index (χ0v) is 18.6. The van der Waals surface area contributed by atoms with Crippen LogP contribution >= 0.6 is 58.4 Å². The van der Waals surface area contributed by atoms with Crippen molar-refractivity contribution < 1.29 is 19.1 Å². The van der Waals surface area contributed by atoms with Crippen LogP contribution < -0.4 is 0 Å². The van der Waals surface area contributed by atoms with Crippen LogP contribution in [0.2, 0.25) is 0 Å². The molecule has 0 bridgehead atoms. The van der Waals surface area contributed by atoms with Crippen LogP contribution in [0.3, 0.4) is 0 Å². The molecule has 0 amide bonds. The van der Waals surface area contributed by atoms with Gasteiger partial charge in [0.05, 0.1) is 9.16 Å². The molecule has 0 spiro atoms. The van der Waals surface area contributed by atoms with Gasteiger partial charge in [0, 0.05) is 34.2 Å². The monoisotopic (exact) mass is 460 g/mol. The van der Waals surface area contributed by atoms with Gasteiger partial charge in [-0.1, -0.05) is 13.2 Å². The predicted molar refractivity (Wildman–Crippen MR) is 120 cm³/mol. The second-order valence-electron chi connectivity index (χ2n) is 5.80. The molecule has 0 N–H and O–H groups in total. The van der Waals surface area contributed by atoms with Gasteiger partial charge in [0.15, 0.2) is 0 Å². The second-order valence-corrected chi connectivity index (χ2v) is 12.2. The number of rotatable bonds is 8. The molecule has 0 aromatic carbocycles. The standard InChI is InChI=1S/C18H20O4S5/c1-3-15(19)21-5-11-7-24-17(26-11)13-9-23-10-14(13)18-25-8-12(27-18)6-22-16(20)4-2/h3-4,9-12,17-18H,1-2,5-8H2. The molecule has 4 unspecified atom stereocenters. The molecule has 27 heavy (non-hydrogen) atoms. The zero-order chi connectivity index (χ0) is 19.2. The summed E-state index contributed by atoms with van der Waals surface area (Å²) in [5, 5.41) is 5.10. The van der Waals surface area contributed by atoms with E-state index in [-0.39, 0.29) is 11.9 Å². The highest BCUT2D eigenvalue weighted by Crippen LogP contribution is 2.56. The Morgan fingerprint density at radius 1 is 0.926 bits per heavy atom. The van der Waals surface area contributed by atoms with Crippen molar-refractivity contribution in [1.82, 2.24) is 0 Å². The lowest BCUT2D eigenvalue weighted by Gasteiger charge is -2.15. The van der Waals surface area contributed by atoms with E-state index < -0.39 is 0 Å². The van der Waals surface area contributed by atoms with E-state index in [9.17, 15) is 9.59 Å². The quantitative estimate of drug-likeness (QED) is 0.401. The Bertz CT molecular complexity index is 647. The molecule has 3 rings (SSSR count). The molecule has 146 valence electrons. The summed E-state index contributed by atoms with van der Waals surface area (Å²) in [6.45, 7) is 7.72. The molecular weight excluding hydrogens is 441 g/mol. The summed E-state index contributed by atoms with van der Waals surface area (Å²) in [5.41, 5.74) is 2.75. The van der Waals surface area contributed by atoms with Gasteiger partial charge in [0.2, 0.25) is 0 Å². The lowest BCUT2D eigenvalue weighted by Crippen LogP contribution is -2.14. The third-order valence-electron chi connectivity index (χ3n) is 3.89. The minimum absolute atomic E-state index is 0.312. The van der Waals surface area contributed by atoms with Gasteiger partial charge in [0.1, 0.15) is 13.2 Å². The van der Waals surface area contributed by atoms with E-state index in [1.165, 1.54) is 23.3 Å². The lowest BCUT2D eigenvalue weighted by molar-refractivity contribution is -0.138. The molecule has 2 fully saturated rings. The maximum Gasteiger partial charge on any atom is 0.330 e. The summed E-state index contributed by atoms with van der Waals surface area (Å²) in [5.74, 6) is 1.23. The Labute approximate surface area is 180 Å². The Kier molecular flexibility index (Phi) is 8.13. The third kappa shape index (κ3) is 5.76. The van der Waals surface area contributed by atoms with Gasteiger partial charge in [-0.15, -0.1) is 47.0 Å². The van der Waals surface area contributed by atoms with Crippen molar-refractivity contribution in [2.75, 3.05) is 24.7 Å². The van der Waals surface area contributed by atoms with Gasteiger partial charge >= 0.3 is 11.9 Å². The van der Waals surface area contributed by atoms with Gasteiger partial charge in [-0.05, 0) is 21.9 Å². The molecule has 2 aliphatic rings. The van der Waals surface area contributed by atoms with E-state index in [0.717, 1.165) is 11.5 Å². The minimum atomic E-state index is -0.359. The highest BCUT2D eigenvalue weighted by atomic mass is 32.2. The van der Waals surface area contributed by atoms with Crippen LogP contribution in [0.4, 0.5) is 0 Å². The SMILES string of the molecule is C=CC(=O)OCC1CSC(c2cscc2C2SCC(COC(=O)C=C)S2)S1.